The summed E-state index contributed by atoms with van der Waals surface area (Å²) in [6.07, 6.45) is 2.12. The number of likely N-dealkylation sites (tertiary alicyclic amines) is 1. The molecule has 0 aromatic heterocycles. The third kappa shape index (κ3) is 4.82. The van der Waals surface area contributed by atoms with Gasteiger partial charge in [-0.1, -0.05) is 60.7 Å². The van der Waals surface area contributed by atoms with E-state index in [4.69, 9.17) is 4.74 Å². The molecule has 2 aromatic carbocycles. The van der Waals surface area contributed by atoms with Crippen LogP contribution in [0.15, 0.2) is 60.7 Å². The third-order valence-electron chi connectivity index (χ3n) is 7.36. The Morgan fingerprint density at radius 1 is 0.848 bits per heavy atom. The van der Waals surface area contributed by atoms with E-state index in [0.29, 0.717) is 39.3 Å². The van der Waals surface area contributed by atoms with Gasteiger partial charge in [-0.3, -0.25) is 14.5 Å². The molecule has 6 nitrogen and oxygen atoms in total. The van der Waals surface area contributed by atoms with Crippen LogP contribution in [0.3, 0.4) is 0 Å². The maximum absolute atomic E-state index is 13.3. The van der Waals surface area contributed by atoms with Gasteiger partial charge in [-0.05, 0) is 24.0 Å². The first kappa shape index (κ1) is 22.1. The van der Waals surface area contributed by atoms with Gasteiger partial charge in [0, 0.05) is 58.4 Å². The number of rotatable bonds is 5. The van der Waals surface area contributed by atoms with Crippen LogP contribution in [0.1, 0.15) is 36.4 Å². The molecule has 3 heterocycles. The Bertz CT molecular complexity index is 898. The highest BCUT2D eigenvalue weighted by Crippen LogP contribution is 2.31. The molecule has 0 spiro atoms. The lowest BCUT2D eigenvalue weighted by atomic mass is 9.96. The fourth-order valence-electron chi connectivity index (χ4n) is 5.59. The molecule has 5 rings (SSSR count). The van der Waals surface area contributed by atoms with Crippen LogP contribution in [0, 0.1) is 5.92 Å². The molecule has 1 unspecified atom stereocenters. The molecule has 174 valence electrons. The zero-order valence-electron chi connectivity index (χ0n) is 19.1. The maximum atomic E-state index is 13.3. The van der Waals surface area contributed by atoms with Crippen LogP contribution in [0.4, 0.5) is 0 Å². The minimum atomic E-state index is -0.203. The molecule has 0 radical (unpaired) electrons. The van der Waals surface area contributed by atoms with E-state index < -0.39 is 0 Å². The monoisotopic (exact) mass is 447 g/mol. The summed E-state index contributed by atoms with van der Waals surface area (Å²) in [5, 5.41) is 0. The van der Waals surface area contributed by atoms with Crippen molar-refractivity contribution in [2.45, 2.75) is 31.3 Å². The summed E-state index contributed by atoms with van der Waals surface area (Å²) in [4.78, 5) is 32.3. The second kappa shape index (κ2) is 10.1. The highest BCUT2D eigenvalue weighted by molar-refractivity contribution is 5.89. The summed E-state index contributed by atoms with van der Waals surface area (Å²) < 4.78 is 5.44. The highest BCUT2D eigenvalue weighted by atomic mass is 16.5. The van der Waals surface area contributed by atoms with Gasteiger partial charge in [-0.15, -0.1) is 0 Å². The largest absolute Gasteiger partial charge is 0.381 e. The molecule has 2 amide bonds. The van der Waals surface area contributed by atoms with E-state index in [-0.39, 0.29) is 29.8 Å². The van der Waals surface area contributed by atoms with E-state index in [1.165, 1.54) is 11.1 Å². The Balaban J connectivity index is 1.23. The smallest absolute Gasteiger partial charge is 0.228 e. The number of carbonyl (C=O) groups is 2. The molecule has 3 aliphatic heterocycles. The van der Waals surface area contributed by atoms with Gasteiger partial charge in [-0.25, -0.2) is 0 Å². The van der Waals surface area contributed by atoms with Gasteiger partial charge < -0.3 is 14.5 Å². The molecule has 3 aliphatic rings. The number of nitrogens with zero attached hydrogens (tertiary/aromatic N) is 3. The quantitative estimate of drug-likeness (QED) is 0.707. The highest BCUT2D eigenvalue weighted by Gasteiger charge is 2.40. The van der Waals surface area contributed by atoms with Crippen LogP contribution >= 0.6 is 0 Å². The van der Waals surface area contributed by atoms with E-state index in [1.54, 1.807) is 0 Å². The number of hydrogen-bond donors (Lipinski definition) is 0. The van der Waals surface area contributed by atoms with Crippen LogP contribution in [0.5, 0.6) is 0 Å². The van der Waals surface area contributed by atoms with Crippen molar-refractivity contribution in [3.8, 4) is 0 Å². The lowest BCUT2D eigenvalue weighted by molar-refractivity contribution is -0.137. The third-order valence-corrected chi connectivity index (χ3v) is 7.36. The minimum absolute atomic E-state index is 0.132. The molecule has 1 atom stereocenters. The zero-order valence-corrected chi connectivity index (χ0v) is 19.1. The number of piperazine rings is 1. The first-order valence-corrected chi connectivity index (χ1v) is 12.2. The lowest BCUT2D eigenvalue weighted by Gasteiger charge is -2.40. The molecule has 0 saturated carbocycles. The van der Waals surface area contributed by atoms with Gasteiger partial charge in [-0.2, -0.15) is 0 Å². The normalized spacial score (nSPS) is 22.8. The van der Waals surface area contributed by atoms with E-state index >= 15 is 0 Å². The Labute approximate surface area is 196 Å². The van der Waals surface area contributed by atoms with Crippen LogP contribution in [-0.4, -0.2) is 78.5 Å². The number of ether oxygens (including phenoxy) is 1. The van der Waals surface area contributed by atoms with Gasteiger partial charge >= 0.3 is 0 Å². The summed E-state index contributed by atoms with van der Waals surface area (Å²) >= 11 is 0. The van der Waals surface area contributed by atoms with Crippen molar-refractivity contribution >= 4 is 11.8 Å². The summed E-state index contributed by atoms with van der Waals surface area (Å²) in [5.41, 5.74) is 2.55. The standard InChI is InChI=1S/C27H33N3O3/c31-25-19-23(20-30(25)24-11-17-33-18-12-24)27(32)29-15-13-28(14-16-29)26(21-7-3-1-4-8-21)22-9-5-2-6-10-22/h1-10,23-24,26H,11-20H2. The van der Waals surface area contributed by atoms with Gasteiger partial charge in [0.1, 0.15) is 0 Å². The first-order valence-electron chi connectivity index (χ1n) is 12.2. The van der Waals surface area contributed by atoms with E-state index in [0.717, 1.165) is 25.9 Å². The summed E-state index contributed by atoms with van der Waals surface area (Å²) in [6, 6.07) is 21.6. The zero-order chi connectivity index (χ0) is 22.6. The van der Waals surface area contributed by atoms with E-state index in [2.05, 4.69) is 65.6 Å². The fourth-order valence-corrected chi connectivity index (χ4v) is 5.59. The topological polar surface area (TPSA) is 53.1 Å². The van der Waals surface area contributed by atoms with Crippen molar-refractivity contribution < 1.29 is 14.3 Å². The second-order valence-corrected chi connectivity index (χ2v) is 9.38. The summed E-state index contributed by atoms with van der Waals surface area (Å²) in [5.74, 6) is 0.0755. The molecule has 2 aromatic rings. The molecule has 0 aliphatic carbocycles. The Morgan fingerprint density at radius 2 is 1.42 bits per heavy atom. The van der Waals surface area contributed by atoms with Crippen molar-refractivity contribution in [3.63, 3.8) is 0 Å². The van der Waals surface area contributed by atoms with E-state index in [9.17, 15) is 9.59 Å². The van der Waals surface area contributed by atoms with Gasteiger partial charge in [0.2, 0.25) is 11.8 Å². The second-order valence-electron chi connectivity index (χ2n) is 9.38. The van der Waals surface area contributed by atoms with Gasteiger partial charge in [0.25, 0.3) is 0 Å². The van der Waals surface area contributed by atoms with Gasteiger partial charge in [0.05, 0.1) is 12.0 Å². The number of carbonyl (C=O) groups excluding carboxylic acids is 2. The van der Waals surface area contributed by atoms with Crippen molar-refractivity contribution in [1.82, 2.24) is 14.7 Å². The SMILES string of the molecule is O=C(C1CC(=O)N(C2CCOCC2)C1)N1CCN(C(c2ccccc2)c2ccccc2)CC1. The number of amides is 2. The Hall–Kier alpha value is -2.70. The predicted molar refractivity (Wildman–Crippen MR) is 127 cm³/mol. The Morgan fingerprint density at radius 3 is 2.00 bits per heavy atom. The molecule has 3 saturated heterocycles. The summed E-state index contributed by atoms with van der Waals surface area (Å²) in [6.45, 7) is 5.04. The molecular formula is C27H33N3O3. The average molecular weight is 448 g/mol. The molecule has 6 heteroatoms. The molecule has 0 bridgehead atoms. The summed E-state index contributed by atoms with van der Waals surface area (Å²) in [7, 11) is 0. The van der Waals surface area contributed by atoms with E-state index in [1.807, 2.05) is 9.80 Å². The van der Waals surface area contributed by atoms with Crippen LogP contribution in [0.25, 0.3) is 0 Å². The predicted octanol–water partition coefficient (Wildman–Crippen LogP) is 2.95. The van der Waals surface area contributed by atoms with Crippen molar-refractivity contribution in [2.75, 3.05) is 45.9 Å². The van der Waals surface area contributed by atoms with Crippen molar-refractivity contribution in [1.29, 1.82) is 0 Å². The maximum Gasteiger partial charge on any atom is 0.228 e. The minimum Gasteiger partial charge on any atom is -0.381 e. The molecule has 3 fully saturated rings. The van der Waals surface area contributed by atoms with Gasteiger partial charge in [0.15, 0.2) is 0 Å². The van der Waals surface area contributed by atoms with Crippen LogP contribution in [-0.2, 0) is 14.3 Å². The molecule has 33 heavy (non-hydrogen) atoms. The fraction of sp³-hybridized carbons (Fsp3) is 0.481. The van der Waals surface area contributed by atoms with Crippen molar-refractivity contribution in [3.05, 3.63) is 71.8 Å². The van der Waals surface area contributed by atoms with Crippen molar-refractivity contribution in [2.24, 2.45) is 5.92 Å². The first-order chi connectivity index (χ1) is 16.2. The lowest BCUT2D eigenvalue weighted by Crippen LogP contribution is -2.51. The average Bonchev–Trinajstić information content (AvgIpc) is 3.27. The van der Waals surface area contributed by atoms with Crippen LogP contribution < -0.4 is 0 Å². The Kier molecular flexibility index (Phi) is 6.74. The van der Waals surface area contributed by atoms with Crippen LogP contribution in [0.2, 0.25) is 0 Å². The molecule has 0 N–H and O–H groups in total. The number of hydrogen-bond acceptors (Lipinski definition) is 4. The number of benzene rings is 2. The molecular weight excluding hydrogens is 414 g/mol.